The molecule has 5 rings (SSSR count). The largest absolute Gasteiger partial charge is 0.497 e. The topological polar surface area (TPSA) is 77.6 Å². The molecule has 2 aliphatic rings. The molecule has 1 N–H and O–H groups in total. The minimum Gasteiger partial charge on any atom is -0.497 e. The molecule has 9 nitrogen and oxygen atoms in total. The van der Waals surface area contributed by atoms with E-state index < -0.39 is 6.04 Å². The van der Waals surface area contributed by atoms with Gasteiger partial charge in [0.05, 0.1) is 25.8 Å². The Bertz CT molecular complexity index is 1430. The van der Waals surface area contributed by atoms with Gasteiger partial charge in [-0.3, -0.25) is 19.4 Å². The van der Waals surface area contributed by atoms with E-state index in [-0.39, 0.29) is 18.2 Å². The van der Waals surface area contributed by atoms with Gasteiger partial charge in [0.15, 0.2) is 5.11 Å². The molecule has 238 valence electrons. The molecule has 0 saturated carbocycles. The molecule has 0 radical (unpaired) electrons. The highest BCUT2D eigenvalue weighted by Crippen LogP contribution is 2.30. The lowest BCUT2D eigenvalue weighted by Gasteiger charge is -2.35. The molecule has 0 unspecified atom stereocenters. The highest BCUT2D eigenvalue weighted by molar-refractivity contribution is 7.80. The van der Waals surface area contributed by atoms with Crippen LogP contribution in [-0.2, 0) is 16.1 Å². The predicted octanol–water partition coefficient (Wildman–Crippen LogP) is 5.02. The van der Waals surface area contributed by atoms with Gasteiger partial charge in [-0.15, -0.1) is 0 Å². The van der Waals surface area contributed by atoms with Crippen molar-refractivity contribution in [1.82, 2.24) is 14.7 Å². The quantitative estimate of drug-likeness (QED) is 0.249. The molecule has 45 heavy (non-hydrogen) atoms. The number of piperazine rings is 1. The van der Waals surface area contributed by atoms with Crippen molar-refractivity contribution in [3.63, 3.8) is 0 Å². The summed E-state index contributed by atoms with van der Waals surface area (Å²) in [6.07, 6.45) is 1.74. The van der Waals surface area contributed by atoms with Crippen LogP contribution in [-0.4, -0.2) is 90.7 Å². The van der Waals surface area contributed by atoms with Crippen LogP contribution in [0.1, 0.15) is 31.7 Å². The summed E-state index contributed by atoms with van der Waals surface area (Å²) in [5.74, 6) is 0.934. The van der Waals surface area contributed by atoms with Crippen molar-refractivity contribution in [3.8, 4) is 11.5 Å². The Morgan fingerprint density at radius 1 is 0.911 bits per heavy atom. The van der Waals surface area contributed by atoms with Gasteiger partial charge in [-0.25, -0.2) is 0 Å². The standard InChI is InChI=1S/C35H43N5O4S/c1-3-23-44-30-15-13-28(14-16-30)36-33(41)25-32-34(42)40(29-11-7-12-31(24-29)43-2)35(45)39(32)18-8-17-37-19-21-38(22-20-37)26-27-9-5-4-6-10-27/h4-7,9-16,24,32H,3,8,17-23,25-26H2,1-2H3,(H,36,41)/t32-/m0/s1. The second kappa shape index (κ2) is 15.8. The SMILES string of the molecule is CCCOc1ccc(NC(=O)C[C@H]2C(=O)N(c3cccc(OC)c3)C(=S)N2CCCN2CCN(Cc3ccccc3)CC2)cc1. The molecule has 0 aromatic heterocycles. The lowest BCUT2D eigenvalue weighted by atomic mass is 10.1. The van der Waals surface area contributed by atoms with Crippen LogP contribution in [0.15, 0.2) is 78.9 Å². The van der Waals surface area contributed by atoms with Crippen molar-refractivity contribution in [2.75, 3.05) is 63.2 Å². The van der Waals surface area contributed by atoms with Gasteiger partial charge in [0.2, 0.25) is 5.91 Å². The minimum atomic E-state index is -0.696. The number of carbonyl (C=O) groups excluding carboxylic acids is 2. The van der Waals surface area contributed by atoms with Crippen molar-refractivity contribution in [2.24, 2.45) is 0 Å². The Kier molecular flexibility index (Phi) is 11.4. The van der Waals surface area contributed by atoms with E-state index in [1.807, 2.05) is 47.4 Å². The van der Waals surface area contributed by atoms with Gasteiger partial charge in [-0.05, 0) is 73.6 Å². The molecule has 3 aromatic carbocycles. The lowest BCUT2D eigenvalue weighted by molar-refractivity contribution is -0.124. The van der Waals surface area contributed by atoms with E-state index in [4.69, 9.17) is 21.7 Å². The summed E-state index contributed by atoms with van der Waals surface area (Å²) in [6, 6.07) is 24.5. The van der Waals surface area contributed by atoms with Crippen LogP contribution in [0.2, 0.25) is 0 Å². The third-order valence-electron chi connectivity index (χ3n) is 8.21. The number of amides is 2. The molecule has 0 spiro atoms. The fourth-order valence-corrected chi connectivity index (χ4v) is 6.21. The zero-order valence-corrected chi connectivity index (χ0v) is 27.0. The third-order valence-corrected chi connectivity index (χ3v) is 8.62. The van der Waals surface area contributed by atoms with Gasteiger partial charge in [0.25, 0.3) is 5.91 Å². The fourth-order valence-electron chi connectivity index (χ4n) is 5.79. The van der Waals surface area contributed by atoms with Gasteiger partial charge in [0, 0.05) is 51.0 Å². The van der Waals surface area contributed by atoms with Gasteiger partial charge in [-0.1, -0.05) is 43.3 Å². The van der Waals surface area contributed by atoms with Crippen molar-refractivity contribution >= 4 is 40.5 Å². The zero-order chi connectivity index (χ0) is 31.6. The van der Waals surface area contributed by atoms with Crippen molar-refractivity contribution in [2.45, 2.75) is 38.8 Å². The van der Waals surface area contributed by atoms with Crippen LogP contribution in [0, 0.1) is 0 Å². The highest BCUT2D eigenvalue weighted by Gasteiger charge is 2.44. The summed E-state index contributed by atoms with van der Waals surface area (Å²) in [5.41, 5.74) is 2.63. The number of thiocarbonyl (C=S) groups is 1. The first-order chi connectivity index (χ1) is 21.9. The molecule has 0 aliphatic carbocycles. The molecule has 1 atom stereocenters. The molecular weight excluding hydrogens is 586 g/mol. The average molecular weight is 630 g/mol. The Hall–Kier alpha value is -3.99. The van der Waals surface area contributed by atoms with Crippen LogP contribution in [0.25, 0.3) is 0 Å². The molecule has 10 heteroatoms. The molecule has 3 aromatic rings. The minimum absolute atomic E-state index is 0.00825. The summed E-state index contributed by atoms with van der Waals surface area (Å²) in [7, 11) is 1.59. The fraction of sp³-hybridized carbons (Fsp3) is 0.400. The van der Waals surface area contributed by atoms with E-state index in [1.165, 1.54) is 10.5 Å². The van der Waals surface area contributed by atoms with Crippen molar-refractivity contribution in [3.05, 3.63) is 84.4 Å². The molecule has 0 bridgehead atoms. The first-order valence-corrected chi connectivity index (χ1v) is 16.2. The number of nitrogens with zero attached hydrogens (tertiary/aromatic N) is 4. The van der Waals surface area contributed by atoms with Crippen LogP contribution >= 0.6 is 12.2 Å². The summed E-state index contributed by atoms with van der Waals surface area (Å²) in [5, 5.41) is 3.36. The maximum Gasteiger partial charge on any atom is 0.256 e. The second-order valence-electron chi connectivity index (χ2n) is 11.4. The molecule has 2 aliphatic heterocycles. The van der Waals surface area contributed by atoms with Crippen molar-refractivity contribution in [1.29, 1.82) is 0 Å². The van der Waals surface area contributed by atoms with E-state index in [9.17, 15) is 9.59 Å². The first-order valence-electron chi connectivity index (χ1n) is 15.7. The third kappa shape index (κ3) is 8.59. The zero-order valence-electron chi connectivity index (χ0n) is 26.2. The van der Waals surface area contributed by atoms with E-state index in [0.29, 0.717) is 35.4 Å². The number of nitrogens with one attached hydrogen (secondary N) is 1. The van der Waals surface area contributed by atoms with Crippen LogP contribution in [0.4, 0.5) is 11.4 Å². The summed E-state index contributed by atoms with van der Waals surface area (Å²) < 4.78 is 11.0. The summed E-state index contributed by atoms with van der Waals surface area (Å²) >= 11 is 5.88. The number of hydrogen-bond acceptors (Lipinski definition) is 7. The normalized spacial score (nSPS) is 17.5. The smallest absolute Gasteiger partial charge is 0.256 e. The monoisotopic (exact) mass is 629 g/mol. The number of ether oxygens (including phenoxy) is 2. The van der Waals surface area contributed by atoms with Gasteiger partial charge in [-0.2, -0.15) is 0 Å². The number of anilines is 2. The van der Waals surface area contributed by atoms with Crippen LogP contribution < -0.4 is 19.7 Å². The van der Waals surface area contributed by atoms with Crippen molar-refractivity contribution < 1.29 is 19.1 Å². The Balaban J connectivity index is 1.20. The van der Waals surface area contributed by atoms with Gasteiger partial charge in [0.1, 0.15) is 17.5 Å². The van der Waals surface area contributed by atoms with Crippen LogP contribution in [0.5, 0.6) is 11.5 Å². The van der Waals surface area contributed by atoms with E-state index >= 15 is 0 Å². The number of hydrogen-bond donors (Lipinski definition) is 1. The maximum atomic E-state index is 13.9. The highest BCUT2D eigenvalue weighted by atomic mass is 32.1. The molecule has 2 amide bonds. The molecule has 2 fully saturated rings. The van der Waals surface area contributed by atoms with E-state index in [0.717, 1.165) is 57.9 Å². The Labute approximate surface area is 271 Å². The predicted molar refractivity (Wildman–Crippen MR) is 182 cm³/mol. The van der Waals surface area contributed by atoms with Gasteiger partial charge < -0.3 is 24.6 Å². The lowest BCUT2D eigenvalue weighted by Crippen LogP contribution is -2.47. The molecular formula is C35H43N5O4S. The molecule has 2 saturated heterocycles. The Morgan fingerprint density at radius 3 is 2.36 bits per heavy atom. The molecule has 2 heterocycles. The average Bonchev–Trinajstić information content (AvgIpc) is 3.29. The van der Waals surface area contributed by atoms with E-state index in [1.54, 1.807) is 13.2 Å². The number of benzene rings is 3. The number of methoxy groups -OCH3 is 1. The van der Waals surface area contributed by atoms with Gasteiger partial charge >= 0.3 is 0 Å². The number of carbonyl (C=O) groups is 2. The Morgan fingerprint density at radius 2 is 1.64 bits per heavy atom. The van der Waals surface area contributed by atoms with E-state index in [2.05, 4.69) is 52.4 Å². The maximum absolute atomic E-state index is 13.9. The summed E-state index contributed by atoms with van der Waals surface area (Å²) in [6.45, 7) is 9.19. The number of rotatable bonds is 14. The van der Waals surface area contributed by atoms with Crippen LogP contribution in [0.3, 0.4) is 0 Å². The second-order valence-corrected chi connectivity index (χ2v) is 11.8. The summed E-state index contributed by atoms with van der Waals surface area (Å²) in [4.78, 5) is 35.5. The first kappa shape index (κ1) is 32.4.